The molecule has 0 atom stereocenters. The molecular formula is C17H18N6O2. The van der Waals surface area contributed by atoms with Crippen LogP contribution in [0.5, 0.6) is 0 Å². The molecule has 0 aromatic carbocycles. The zero-order chi connectivity index (χ0) is 18.1. The third-order valence-electron chi connectivity index (χ3n) is 3.63. The number of hydrogen-bond donors (Lipinski definition) is 1. The second-order valence-corrected chi connectivity index (χ2v) is 5.69. The second-order valence-electron chi connectivity index (χ2n) is 5.69. The number of pyridine rings is 1. The maximum Gasteiger partial charge on any atom is 0.360 e. The number of hydrogen-bond acceptors (Lipinski definition) is 7. The molecule has 0 saturated carbocycles. The molecule has 0 bridgehead atoms. The zero-order valence-electron chi connectivity index (χ0n) is 14.4. The molecule has 8 heteroatoms. The van der Waals surface area contributed by atoms with Gasteiger partial charge >= 0.3 is 5.97 Å². The summed E-state index contributed by atoms with van der Waals surface area (Å²) in [5.74, 6) is -0.622. The van der Waals surface area contributed by atoms with Crippen molar-refractivity contribution in [2.75, 3.05) is 12.8 Å². The van der Waals surface area contributed by atoms with Gasteiger partial charge in [0.2, 0.25) is 0 Å². The molecule has 2 N–H and O–H groups in total. The smallest absolute Gasteiger partial charge is 0.360 e. The van der Waals surface area contributed by atoms with Gasteiger partial charge in [-0.1, -0.05) is 0 Å². The van der Waals surface area contributed by atoms with Crippen LogP contribution in [0.4, 0.5) is 5.82 Å². The number of aromatic nitrogens is 5. The topological polar surface area (TPSA) is 109 Å². The van der Waals surface area contributed by atoms with Crippen LogP contribution in [0.2, 0.25) is 0 Å². The molecule has 8 nitrogen and oxygen atoms in total. The van der Waals surface area contributed by atoms with Gasteiger partial charge in [0.1, 0.15) is 5.69 Å². The van der Waals surface area contributed by atoms with Gasteiger partial charge in [0.15, 0.2) is 11.5 Å². The summed E-state index contributed by atoms with van der Waals surface area (Å²) in [6, 6.07) is 3.77. The summed E-state index contributed by atoms with van der Waals surface area (Å²) in [4.78, 5) is 25.2. The molecule has 0 spiro atoms. The summed E-state index contributed by atoms with van der Waals surface area (Å²) >= 11 is 0. The van der Waals surface area contributed by atoms with Gasteiger partial charge in [0.25, 0.3) is 0 Å². The average Bonchev–Trinajstić information content (AvgIpc) is 2.99. The lowest BCUT2D eigenvalue weighted by atomic mass is 10.1. The van der Waals surface area contributed by atoms with Crippen molar-refractivity contribution < 1.29 is 9.53 Å². The van der Waals surface area contributed by atoms with E-state index in [9.17, 15) is 4.79 Å². The Morgan fingerprint density at radius 1 is 1.08 bits per heavy atom. The van der Waals surface area contributed by atoms with E-state index in [1.807, 2.05) is 39.2 Å². The molecule has 0 fully saturated rings. The van der Waals surface area contributed by atoms with Crippen molar-refractivity contribution in [3.05, 3.63) is 41.6 Å². The highest BCUT2D eigenvalue weighted by Crippen LogP contribution is 2.31. The molecule has 0 aliphatic carbocycles. The molecule has 0 aliphatic rings. The van der Waals surface area contributed by atoms with Crippen molar-refractivity contribution in [2.45, 2.75) is 13.8 Å². The van der Waals surface area contributed by atoms with Crippen molar-refractivity contribution in [1.82, 2.24) is 24.7 Å². The average molecular weight is 338 g/mol. The minimum atomic E-state index is -0.633. The first-order valence-electron chi connectivity index (χ1n) is 7.59. The van der Waals surface area contributed by atoms with Crippen molar-refractivity contribution in [3.63, 3.8) is 0 Å². The molecule has 3 aromatic heterocycles. The van der Waals surface area contributed by atoms with Gasteiger partial charge in [0.05, 0.1) is 19.0 Å². The number of rotatable bonds is 3. The molecule has 0 radical (unpaired) electrons. The van der Waals surface area contributed by atoms with Crippen LogP contribution in [0.3, 0.4) is 0 Å². The van der Waals surface area contributed by atoms with E-state index in [2.05, 4.69) is 20.1 Å². The number of ether oxygens (including phenoxy) is 1. The molecule has 0 aliphatic heterocycles. The predicted octanol–water partition coefficient (Wildman–Crippen LogP) is 1.92. The Hall–Kier alpha value is -3.29. The van der Waals surface area contributed by atoms with Gasteiger partial charge < -0.3 is 10.5 Å². The van der Waals surface area contributed by atoms with Crippen LogP contribution in [0, 0.1) is 13.8 Å². The fourth-order valence-electron chi connectivity index (χ4n) is 2.61. The highest BCUT2D eigenvalue weighted by Gasteiger charge is 2.21. The molecule has 0 amide bonds. The van der Waals surface area contributed by atoms with Crippen LogP contribution < -0.4 is 5.73 Å². The molecule has 3 rings (SSSR count). The van der Waals surface area contributed by atoms with Crippen molar-refractivity contribution in [2.24, 2.45) is 7.05 Å². The molecule has 0 saturated heterocycles. The fourth-order valence-corrected chi connectivity index (χ4v) is 2.61. The first kappa shape index (κ1) is 16.6. The number of aryl methyl sites for hydroxylation is 3. The molecule has 128 valence electrons. The van der Waals surface area contributed by atoms with Crippen molar-refractivity contribution in [1.29, 1.82) is 0 Å². The number of nitrogen functional groups attached to an aromatic ring is 1. The Kier molecular flexibility index (Phi) is 4.18. The zero-order valence-corrected chi connectivity index (χ0v) is 14.4. The van der Waals surface area contributed by atoms with Gasteiger partial charge in [-0.2, -0.15) is 5.10 Å². The first-order valence-corrected chi connectivity index (χ1v) is 7.59. The third-order valence-corrected chi connectivity index (χ3v) is 3.63. The SMILES string of the molecule is COC(=O)c1nc(-c2cc(C)nc(C)c2)c(-c2cnn(C)c2)nc1N. The summed E-state index contributed by atoms with van der Waals surface area (Å²) in [5.41, 5.74) is 10.2. The summed E-state index contributed by atoms with van der Waals surface area (Å²) in [6.45, 7) is 3.79. The third kappa shape index (κ3) is 3.18. The van der Waals surface area contributed by atoms with Gasteiger partial charge in [-0.15, -0.1) is 0 Å². The van der Waals surface area contributed by atoms with Gasteiger partial charge in [-0.3, -0.25) is 9.67 Å². The number of nitrogens with two attached hydrogens (primary N) is 1. The lowest BCUT2D eigenvalue weighted by Crippen LogP contribution is -2.12. The Morgan fingerprint density at radius 3 is 2.28 bits per heavy atom. The summed E-state index contributed by atoms with van der Waals surface area (Å²) in [7, 11) is 3.09. The first-order chi connectivity index (χ1) is 11.9. The minimum Gasteiger partial charge on any atom is -0.464 e. The number of anilines is 1. The van der Waals surface area contributed by atoms with E-state index in [4.69, 9.17) is 10.5 Å². The largest absolute Gasteiger partial charge is 0.464 e. The standard InChI is InChI=1S/C17H18N6O2/c1-9-5-11(6-10(2)20-9)13-14(12-7-19-23(3)8-12)22-16(18)15(21-13)17(24)25-4/h5-8H,1-4H3,(H2,18,22). The van der Waals surface area contributed by atoms with E-state index < -0.39 is 5.97 Å². The Bertz CT molecular complexity index is 944. The van der Waals surface area contributed by atoms with E-state index in [-0.39, 0.29) is 11.5 Å². The molecule has 0 unspecified atom stereocenters. The Balaban J connectivity index is 2.30. The summed E-state index contributed by atoms with van der Waals surface area (Å²) < 4.78 is 6.42. The van der Waals surface area contributed by atoms with Crippen molar-refractivity contribution >= 4 is 11.8 Å². The summed E-state index contributed by atoms with van der Waals surface area (Å²) in [6.07, 6.45) is 3.48. The minimum absolute atomic E-state index is 0.0111. The Labute approximate surface area is 144 Å². The highest BCUT2D eigenvalue weighted by molar-refractivity contribution is 5.94. The van der Waals surface area contributed by atoms with Gasteiger partial charge in [0, 0.05) is 35.8 Å². The number of carbonyl (C=O) groups is 1. The fraction of sp³-hybridized carbons (Fsp3) is 0.235. The molecule has 25 heavy (non-hydrogen) atoms. The van der Waals surface area contributed by atoms with Crippen molar-refractivity contribution in [3.8, 4) is 22.5 Å². The normalized spacial score (nSPS) is 10.7. The highest BCUT2D eigenvalue weighted by atomic mass is 16.5. The molecule has 3 aromatic rings. The van der Waals surface area contributed by atoms with E-state index in [0.29, 0.717) is 11.4 Å². The van der Waals surface area contributed by atoms with Gasteiger partial charge in [-0.05, 0) is 26.0 Å². The predicted molar refractivity (Wildman–Crippen MR) is 92.7 cm³/mol. The maximum atomic E-state index is 12.0. The van der Waals surface area contributed by atoms with Gasteiger partial charge in [-0.25, -0.2) is 14.8 Å². The van der Waals surface area contributed by atoms with Crippen LogP contribution in [0.25, 0.3) is 22.5 Å². The van der Waals surface area contributed by atoms with E-state index in [0.717, 1.165) is 22.5 Å². The molecular weight excluding hydrogens is 320 g/mol. The van der Waals surface area contributed by atoms with Crippen LogP contribution >= 0.6 is 0 Å². The lowest BCUT2D eigenvalue weighted by Gasteiger charge is -2.12. The molecule has 3 heterocycles. The van der Waals surface area contributed by atoms with E-state index >= 15 is 0 Å². The number of nitrogens with zero attached hydrogens (tertiary/aromatic N) is 5. The number of methoxy groups -OCH3 is 1. The second kappa shape index (κ2) is 6.31. The number of esters is 1. The number of carbonyl (C=O) groups excluding carboxylic acids is 1. The Morgan fingerprint density at radius 2 is 1.72 bits per heavy atom. The summed E-state index contributed by atoms with van der Waals surface area (Å²) in [5, 5.41) is 4.17. The van der Waals surface area contributed by atoms with Crippen LogP contribution in [0.1, 0.15) is 21.9 Å². The van der Waals surface area contributed by atoms with Crippen LogP contribution in [0.15, 0.2) is 24.5 Å². The maximum absolute atomic E-state index is 12.0. The quantitative estimate of drug-likeness (QED) is 0.727. The van der Waals surface area contributed by atoms with E-state index in [1.165, 1.54) is 7.11 Å². The van der Waals surface area contributed by atoms with E-state index in [1.54, 1.807) is 10.9 Å². The van der Waals surface area contributed by atoms with Crippen LogP contribution in [-0.2, 0) is 11.8 Å². The van der Waals surface area contributed by atoms with Crippen LogP contribution in [-0.4, -0.2) is 37.8 Å². The lowest BCUT2D eigenvalue weighted by molar-refractivity contribution is 0.0595. The monoisotopic (exact) mass is 338 g/mol.